The van der Waals surface area contributed by atoms with Crippen molar-refractivity contribution in [2.45, 2.75) is 18.5 Å². The van der Waals surface area contributed by atoms with Gasteiger partial charge in [-0.25, -0.2) is 17.9 Å². The minimum absolute atomic E-state index is 0.0440. The minimum Gasteiger partial charge on any atom is -0.311 e. The van der Waals surface area contributed by atoms with Gasteiger partial charge in [-0.05, 0) is 6.42 Å². The van der Waals surface area contributed by atoms with Crippen molar-refractivity contribution in [1.29, 1.82) is 0 Å². The van der Waals surface area contributed by atoms with Crippen molar-refractivity contribution in [2.24, 2.45) is 21.1 Å². The fourth-order valence-corrected chi connectivity index (χ4v) is 3.30. The SMILES string of the molecule is CCCNS(=O)(=O)c1nc2c(c(=O)n(C)c(=O)n2C)n1C. The highest BCUT2D eigenvalue weighted by atomic mass is 32.2. The molecule has 0 amide bonds. The first-order valence-corrected chi connectivity index (χ1v) is 7.82. The summed E-state index contributed by atoms with van der Waals surface area (Å²) in [6.07, 6.45) is 0.628. The molecular weight excluding hydrogens is 298 g/mol. The first kappa shape index (κ1) is 15.4. The van der Waals surface area contributed by atoms with Gasteiger partial charge in [0.2, 0.25) is 5.16 Å². The third-order valence-corrected chi connectivity index (χ3v) is 4.65. The molecule has 2 heterocycles. The Morgan fingerprint density at radius 2 is 1.71 bits per heavy atom. The van der Waals surface area contributed by atoms with Crippen LogP contribution in [0.1, 0.15) is 13.3 Å². The van der Waals surface area contributed by atoms with E-state index in [4.69, 9.17) is 0 Å². The second-order valence-corrected chi connectivity index (χ2v) is 6.39. The number of imidazole rings is 1. The summed E-state index contributed by atoms with van der Waals surface area (Å²) in [6.45, 7) is 2.10. The number of fused-ring (bicyclic) bond motifs is 1. The fraction of sp³-hybridized carbons (Fsp3) is 0.545. The van der Waals surface area contributed by atoms with Crippen molar-refractivity contribution >= 4 is 21.2 Å². The van der Waals surface area contributed by atoms with Crippen molar-refractivity contribution in [3.05, 3.63) is 20.8 Å². The molecular formula is C11H17N5O4S. The lowest BCUT2D eigenvalue weighted by Gasteiger charge is -2.05. The van der Waals surface area contributed by atoms with Crippen molar-refractivity contribution in [3.8, 4) is 0 Å². The Morgan fingerprint density at radius 1 is 1.10 bits per heavy atom. The fourth-order valence-electron chi connectivity index (χ4n) is 2.04. The molecule has 0 radical (unpaired) electrons. The minimum atomic E-state index is -3.84. The molecule has 0 aromatic carbocycles. The number of hydrogen-bond donors (Lipinski definition) is 1. The molecule has 0 aliphatic carbocycles. The van der Waals surface area contributed by atoms with Crippen LogP contribution in [0.15, 0.2) is 14.7 Å². The van der Waals surface area contributed by atoms with E-state index in [9.17, 15) is 18.0 Å². The maximum Gasteiger partial charge on any atom is 0.332 e. The predicted molar refractivity (Wildman–Crippen MR) is 76.7 cm³/mol. The summed E-state index contributed by atoms with van der Waals surface area (Å²) in [5, 5.41) is -0.288. The Hall–Kier alpha value is -1.94. The monoisotopic (exact) mass is 315 g/mol. The molecule has 21 heavy (non-hydrogen) atoms. The third-order valence-electron chi connectivity index (χ3n) is 3.22. The second-order valence-electron chi connectivity index (χ2n) is 4.73. The van der Waals surface area contributed by atoms with Crippen molar-refractivity contribution in [2.75, 3.05) is 6.54 Å². The van der Waals surface area contributed by atoms with E-state index in [1.54, 1.807) is 0 Å². The number of nitrogens with one attached hydrogen (secondary N) is 1. The van der Waals surface area contributed by atoms with Gasteiger partial charge in [-0.15, -0.1) is 0 Å². The topological polar surface area (TPSA) is 108 Å². The molecule has 0 atom stereocenters. The molecule has 0 aliphatic heterocycles. The van der Waals surface area contributed by atoms with Gasteiger partial charge in [0, 0.05) is 27.7 Å². The van der Waals surface area contributed by atoms with E-state index in [1.807, 2.05) is 6.92 Å². The Morgan fingerprint density at radius 3 is 2.29 bits per heavy atom. The number of nitrogens with zero attached hydrogens (tertiary/aromatic N) is 4. The van der Waals surface area contributed by atoms with E-state index in [2.05, 4.69) is 9.71 Å². The summed E-state index contributed by atoms with van der Waals surface area (Å²) < 4.78 is 30.0. The van der Waals surface area contributed by atoms with Crippen LogP contribution in [0.4, 0.5) is 0 Å². The Kier molecular flexibility index (Phi) is 3.76. The molecule has 0 fully saturated rings. The molecule has 116 valence electrons. The summed E-state index contributed by atoms with van der Waals surface area (Å²) in [5.74, 6) is 0. The van der Waals surface area contributed by atoms with Crippen molar-refractivity contribution < 1.29 is 8.42 Å². The highest BCUT2D eigenvalue weighted by Crippen LogP contribution is 2.13. The van der Waals surface area contributed by atoms with Crippen LogP contribution in [0.5, 0.6) is 0 Å². The molecule has 0 saturated carbocycles. The number of aryl methyl sites for hydroxylation is 2. The van der Waals surface area contributed by atoms with Crippen molar-refractivity contribution in [1.82, 2.24) is 23.4 Å². The molecule has 10 heteroatoms. The van der Waals surface area contributed by atoms with E-state index in [1.165, 1.54) is 25.7 Å². The van der Waals surface area contributed by atoms with E-state index >= 15 is 0 Å². The smallest absolute Gasteiger partial charge is 0.311 e. The van der Waals surface area contributed by atoms with Gasteiger partial charge in [-0.1, -0.05) is 6.92 Å². The van der Waals surface area contributed by atoms with Gasteiger partial charge in [0.1, 0.15) is 0 Å². The predicted octanol–water partition coefficient (Wildman–Crippen LogP) is -1.34. The number of sulfonamides is 1. The molecule has 0 aliphatic rings. The third kappa shape index (κ3) is 2.29. The summed E-state index contributed by atoms with van der Waals surface area (Å²) >= 11 is 0. The lowest BCUT2D eigenvalue weighted by molar-refractivity contribution is 0.565. The van der Waals surface area contributed by atoms with Gasteiger partial charge >= 0.3 is 5.69 Å². The van der Waals surface area contributed by atoms with Gasteiger partial charge in [0.25, 0.3) is 15.6 Å². The average molecular weight is 315 g/mol. The molecule has 2 rings (SSSR count). The van der Waals surface area contributed by atoms with Crippen LogP contribution < -0.4 is 16.0 Å². The molecule has 0 spiro atoms. The Labute approximate surface area is 120 Å². The lowest BCUT2D eigenvalue weighted by atomic mass is 10.5. The Balaban J connectivity index is 2.85. The standard InChI is InChI=1S/C11H17N5O4S/c1-5-6-12-21(19,20)10-13-8-7(14(10)2)9(17)16(4)11(18)15(8)3/h12H,5-6H2,1-4H3. The number of hydrogen-bond acceptors (Lipinski definition) is 5. The van der Waals surface area contributed by atoms with Crippen LogP contribution in [-0.4, -0.2) is 33.6 Å². The largest absolute Gasteiger partial charge is 0.332 e. The van der Waals surface area contributed by atoms with E-state index < -0.39 is 21.3 Å². The zero-order valence-electron chi connectivity index (χ0n) is 12.2. The molecule has 0 bridgehead atoms. The maximum absolute atomic E-state index is 12.2. The van der Waals surface area contributed by atoms with Gasteiger partial charge in [-0.2, -0.15) is 4.98 Å². The van der Waals surface area contributed by atoms with Crippen LogP contribution in [0.3, 0.4) is 0 Å². The molecule has 2 aromatic rings. The quantitative estimate of drug-likeness (QED) is 0.751. The number of rotatable bonds is 4. The van der Waals surface area contributed by atoms with Crippen LogP contribution >= 0.6 is 0 Å². The van der Waals surface area contributed by atoms with Gasteiger partial charge in [-0.3, -0.25) is 13.9 Å². The van der Waals surface area contributed by atoms with E-state index in [0.717, 1.165) is 9.13 Å². The van der Waals surface area contributed by atoms with E-state index in [0.29, 0.717) is 6.42 Å². The summed E-state index contributed by atoms with van der Waals surface area (Å²) in [6, 6.07) is 0. The summed E-state index contributed by atoms with van der Waals surface area (Å²) in [5.41, 5.74) is -1.03. The van der Waals surface area contributed by atoms with Crippen molar-refractivity contribution in [3.63, 3.8) is 0 Å². The van der Waals surface area contributed by atoms with Gasteiger partial charge < -0.3 is 4.57 Å². The molecule has 0 saturated heterocycles. The summed E-state index contributed by atoms with van der Waals surface area (Å²) in [4.78, 5) is 28.0. The molecule has 2 aromatic heterocycles. The molecule has 0 unspecified atom stereocenters. The van der Waals surface area contributed by atoms with Crippen LogP contribution in [0.2, 0.25) is 0 Å². The zero-order chi connectivity index (χ0) is 15.9. The van der Waals surface area contributed by atoms with Crippen LogP contribution in [-0.2, 0) is 31.2 Å². The van der Waals surface area contributed by atoms with Gasteiger partial charge in [0.15, 0.2) is 11.2 Å². The Bertz CT molecular complexity index is 919. The molecule has 9 nitrogen and oxygen atoms in total. The normalized spacial score (nSPS) is 12.2. The first-order chi connectivity index (χ1) is 9.72. The molecule has 1 N–H and O–H groups in total. The zero-order valence-corrected chi connectivity index (χ0v) is 13.1. The van der Waals surface area contributed by atoms with Gasteiger partial charge in [0.05, 0.1) is 0 Å². The number of aromatic nitrogens is 4. The second kappa shape index (κ2) is 5.11. The van der Waals surface area contributed by atoms with E-state index in [-0.39, 0.29) is 22.9 Å². The first-order valence-electron chi connectivity index (χ1n) is 6.34. The highest BCUT2D eigenvalue weighted by Gasteiger charge is 2.25. The van der Waals surface area contributed by atoms with Crippen LogP contribution in [0.25, 0.3) is 11.2 Å². The highest BCUT2D eigenvalue weighted by molar-refractivity contribution is 7.89. The lowest BCUT2D eigenvalue weighted by Crippen LogP contribution is -2.37. The summed E-state index contributed by atoms with van der Waals surface area (Å²) in [7, 11) is 0.368. The maximum atomic E-state index is 12.2. The average Bonchev–Trinajstić information content (AvgIpc) is 2.79. The van der Waals surface area contributed by atoms with Crippen LogP contribution in [0, 0.1) is 0 Å².